The number of hydrogen-bond acceptors (Lipinski definition) is 6. The van der Waals surface area contributed by atoms with Gasteiger partial charge >= 0.3 is 0 Å². The summed E-state index contributed by atoms with van der Waals surface area (Å²) in [6, 6.07) is 9.80. The summed E-state index contributed by atoms with van der Waals surface area (Å²) < 4.78 is 10.4. The summed E-state index contributed by atoms with van der Waals surface area (Å²) in [5.74, 6) is 1.02. The monoisotopic (exact) mass is 372 g/mol. The Morgan fingerprint density at radius 2 is 2.00 bits per heavy atom. The maximum atomic E-state index is 12.5. The second kappa shape index (κ2) is 9.64. The fraction of sp³-hybridized carbons (Fsp3) is 0.500. The average Bonchev–Trinajstić information content (AvgIpc) is 3.09. The molecule has 0 spiro atoms. The van der Waals surface area contributed by atoms with Gasteiger partial charge in [0, 0.05) is 32.2 Å². The first-order valence-corrected chi connectivity index (χ1v) is 9.50. The zero-order valence-corrected chi connectivity index (χ0v) is 16.0. The highest BCUT2D eigenvalue weighted by Gasteiger charge is 2.18. The van der Waals surface area contributed by atoms with Crippen LogP contribution in [0.5, 0.6) is 0 Å². The Morgan fingerprint density at radius 1 is 1.26 bits per heavy atom. The number of ether oxygens (including phenoxy) is 1. The number of aryl methyl sites for hydroxylation is 1. The van der Waals surface area contributed by atoms with E-state index in [9.17, 15) is 4.79 Å². The third kappa shape index (κ3) is 5.63. The molecule has 7 heteroatoms. The van der Waals surface area contributed by atoms with Crippen LogP contribution in [0, 0.1) is 6.92 Å². The molecular weight excluding hydrogens is 344 g/mol. The summed E-state index contributed by atoms with van der Waals surface area (Å²) in [6.45, 7) is 8.83. The number of anilines is 1. The summed E-state index contributed by atoms with van der Waals surface area (Å²) in [6.07, 6.45) is 0.689. The topological polar surface area (TPSA) is 79.6 Å². The number of morpholine rings is 1. The Hall–Kier alpha value is -2.22. The zero-order valence-electron chi connectivity index (χ0n) is 16.0. The minimum absolute atomic E-state index is 0.100. The van der Waals surface area contributed by atoms with Crippen molar-refractivity contribution in [1.29, 1.82) is 0 Å². The second-order valence-corrected chi connectivity index (χ2v) is 6.81. The summed E-state index contributed by atoms with van der Waals surface area (Å²) in [7, 11) is 0. The van der Waals surface area contributed by atoms with Crippen molar-refractivity contribution in [3.05, 3.63) is 47.2 Å². The number of nitrogens with zero attached hydrogens (tertiary/aromatic N) is 2. The molecule has 1 saturated heterocycles. The molecule has 2 aromatic rings. The van der Waals surface area contributed by atoms with Crippen LogP contribution >= 0.6 is 0 Å². The third-order valence-corrected chi connectivity index (χ3v) is 4.76. The van der Waals surface area contributed by atoms with Crippen molar-refractivity contribution < 1.29 is 14.1 Å². The number of rotatable bonds is 8. The number of nitrogens with one attached hydrogen (secondary N) is 2. The lowest BCUT2D eigenvalue weighted by Crippen LogP contribution is -2.40. The molecule has 7 nitrogen and oxygen atoms in total. The molecule has 0 saturated carbocycles. The van der Waals surface area contributed by atoms with E-state index in [1.807, 2.05) is 13.0 Å². The molecule has 2 heterocycles. The minimum atomic E-state index is -0.293. The van der Waals surface area contributed by atoms with Gasteiger partial charge in [-0.05, 0) is 24.5 Å². The van der Waals surface area contributed by atoms with Crippen LogP contribution in [0.25, 0.3) is 0 Å². The van der Waals surface area contributed by atoms with Gasteiger partial charge in [0.1, 0.15) is 5.76 Å². The van der Waals surface area contributed by atoms with Gasteiger partial charge in [-0.1, -0.05) is 36.3 Å². The average molecular weight is 372 g/mol. The van der Waals surface area contributed by atoms with Crippen molar-refractivity contribution >= 4 is 11.7 Å². The van der Waals surface area contributed by atoms with E-state index in [1.54, 1.807) is 13.0 Å². The van der Waals surface area contributed by atoms with E-state index in [1.165, 1.54) is 11.1 Å². The highest BCUT2D eigenvalue weighted by atomic mass is 16.5. The molecule has 146 valence electrons. The van der Waals surface area contributed by atoms with Gasteiger partial charge < -0.3 is 19.9 Å². The smallest absolute Gasteiger partial charge is 0.242 e. The van der Waals surface area contributed by atoms with Crippen molar-refractivity contribution in [3.63, 3.8) is 0 Å². The van der Waals surface area contributed by atoms with Crippen molar-refractivity contribution in [2.75, 3.05) is 31.6 Å². The van der Waals surface area contributed by atoms with E-state index >= 15 is 0 Å². The normalized spacial score (nSPS) is 16.2. The number of carbonyl (C=O) groups is 1. The quantitative estimate of drug-likeness (QED) is 0.740. The minimum Gasteiger partial charge on any atom is -0.379 e. The molecule has 0 bridgehead atoms. The molecule has 1 aliphatic heterocycles. The van der Waals surface area contributed by atoms with Crippen molar-refractivity contribution in [2.24, 2.45) is 0 Å². The Balaban J connectivity index is 1.58. The van der Waals surface area contributed by atoms with E-state index in [2.05, 4.69) is 38.9 Å². The van der Waals surface area contributed by atoms with Crippen LogP contribution in [0.3, 0.4) is 0 Å². The number of amides is 1. The Bertz CT molecular complexity index is 740. The van der Waals surface area contributed by atoms with Gasteiger partial charge in [-0.2, -0.15) is 0 Å². The van der Waals surface area contributed by atoms with E-state index in [0.717, 1.165) is 32.8 Å². The Morgan fingerprint density at radius 3 is 2.67 bits per heavy atom. The highest BCUT2D eigenvalue weighted by Crippen LogP contribution is 2.14. The van der Waals surface area contributed by atoms with Crippen LogP contribution in [-0.2, 0) is 22.6 Å². The predicted octanol–water partition coefficient (Wildman–Crippen LogP) is 2.32. The van der Waals surface area contributed by atoms with E-state index < -0.39 is 0 Å². The van der Waals surface area contributed by atoms with Gasteiger partial charge in [-0.15, -0.1) is 0 Å². The van der Waals surface area contributed by atoms with Gasteiger partial charge in [-0.3, -0.25) is 9.69 Å². The molecule has 1 amide bonds. The zero-order chi connectivity index (χ0) is 19.1. The van der Waals surface area contributed by atoms with Gasteiger partial charge in [0.25, 0.3) is 0 Å². The molecule has 1 aromatic heterocycles. The lowest BCUT2D eigenvalue weighted by molar-refractivity contribution is -0.118. The van der Waals surface area contributed by atoms with Crippen LogP contribution in [0.4, 0.5) is 5.82 Å². The molecule has 1 aliphatic rings. The number of aromatic nitrogens is 1. The first-order chi connectivity index (χ1) is 13.2. The van der Waals surface area contributed by atoms with Crippen molar-refractivity contribution in [1.82, 2.24) is 15.4 Å². The van der Waals surface area contributed by atoms with Gasteiger partial charge in [0.2, 0.25) is 5.91 Å². The summed E-state index contributed by atoms with van der Waals surface area (Å²) >= 11 is 0. The fourth-order valence-electron chi connectivity index (χ4n) is 3.18. The SMILES string of the molecule is CC[C@@H](NCc1ccccc1CN1CCOCC1)C(=O)Nc1cc(C)on1. The van der Waals surface area contributed by atoms with Crippen LogP contribution in [0.2, 0.25) is 0 Å². The Labute approximate surface area is 160 Å². The molecule has 0 radical (unpaired) electrons. The molecule has 1 fully saturated rings. The molecule has 2 N–H and O–H groups in total. The van der Waals surface area contributed by atoms with E-state index in [0.29, 0.717) is 24.5 Å². The van der Waals surface area contributed by atoms with Crippen molar-refractivity contribution in [3.8, 4) is 0 Å². The summed E-state index contributed by atoms with van der Waals surface area (Å²) in [4.78, 5) is 14.9. The largest absolute Gasteiger partial charge is 0.379 e. The summed E-state index contributed by atoms with van der Waals surface area (Å²) in [5.41, 5.74) is 2.50. The van der Waals surface area contributed by atoms with E-state index in [4.69, 9.17) is 9.26 Å². The highest BCUT2D eigenvalue weighted by molar-refractivity contribution is 5.93. The second-order valence-electron chi connectivity index (χ2n) is 6.81. The lowest BCUT2D eigenvalue weighted by atomic mass is 10.1. The first kappa shape index (κ1) is 19.5. The van der Waals surface area contributed by atoms with E-state index in [-0.39, 0.29) is 11.9 Å². The number of benzene rings is 1. The molecule has 0 aliphatic carbocycles. The van der Waals surface area contributed by atoms with Crippen LogP contribution < -0.4 is 10.6 Å². The number of hydrogen-bond donors (Lipinski definition) is 2. The molecule has 1 atom stereocenters. The predicted molar refractivity (Wildman–Crippen MR) is 103 cm³/mol. The van der Waals surface area contributed by atoms with Gasteiger partial charge in [0.15, 0.2) is 5.82 Å². The van der Waals surface area contributed by atoms with Crippen LogP contribution in [0.1, 0.15) is 30.2 Å². The maximum Gasteiger partial charge on any atom is 0.242 e. The molecular formula is C20H28N4O3. The Kier molecular flexibility index (Phi) is 6.98. The van der Waals surface area contributed by atoms with Crippen LogP contribution in [0.15, 0.2) is 34.9 Å². The molecule has 0 unspecified atom stereocenters. The fourth-order valence-corrected chi connectivity index (χ4v) is 3.18. The van der Waals surface area contributed by atoms with Crippen LogP contribution in [-0.4, -0.2) is 48.3 Å². The molecule has 3 rings (SSSR count). The standard InChI is InChI=1S/C20H28N4O3/c1-3-18(20(25)22-19-12-15(2)27-23-19)21-13-16-6-4-5-7-17(16)14-24-8-10-26-11-9-24/h4-7,12,18,21H,3,8-11,13-14H2,1-2H3,(H,22,23,25)/t18-/m1/s1. The van der Waals surface area contributed by atoms with Gasteiger partial charge in [-0.25, -0.2) is 0 Å². The summed E-state index contributed by atoms with van der Waals surface area (Å²) in [5, 5.41) is 10.00. The lowest BCUT2D eigenvalue weighted by Gasteiger charge is -2.27. The van der Waals surface area contributed by atoms with Crippen molar-refractivity contribution in [2.45, 2.75) is 39.4 Å². The molecule has 27 heavy (non-hydrogen) atoms. The third-order valence-electron chi connectivity index (χ3n) is 4.76. The first-order valence-electron chi connectivity index (χ1n) is 9.50. The maximum absolute atomic E-state index is 12.5. The molecule has 1 aromatic carbocycles. The van der Waals surface area contributed by atoms with Gasteiger partial charge in [0.05, 0.1) is 19.3 Å². The number of carbonyl (C=O) groups excluding carboxylic acids is 1.